The van der Waals surface area contributed by atoms with Crippen LogP contribution in [0, 0.1) is 11.7 Å². The summed E-state index contributed by atoms with van der Waals surface area (Å²) in [6.45, 7) is 1.61. The number of carbonyl (C=O) groups excluding carboxylic acids is 2. The maximum absolute atomic E-state index is 15.1. The molecule has 12 heteroatoms. The van der Waals surface area contributed by atoms with Crippen LogP contribution < -0.4 is 9.62 Å². The monoisotopic (exact) mass is 644 g/mol. The van der Waals surface area contributed by atoms with Crippen molar-refractivity contribution >= 4 is 52.7 Å². The van der Waals surface area contributed by atoms with Gasteiger partial charge in [0.15, 0.2) is 0 Å². The number of aromatic nitrogens is 2. The number of carbonyl (C=O) groups is 2. The van der Waals surface area contributed by atoms with E-state index < -0.39 is 11.7 Å². The summed E-state index contributed by atoms with van der Waals surface area (Å²) in [5.41, 5.74) is 3.06. The Balaban J connectivity index is 1.02. The van der Waals surface area contributed by atoms with E-state index in [1.807, 2.05) is 6.20 Å². The third-order valence-electron chi connectivity index (χ3n) is 8.86. The van der Waals surface area contributed by atoms with Gasteiger partial charge in [-0.2, -0.15) is 5.10 Å². The molecule has 2 aliphatic carbocycles. The van der Waals surface area contributed by atoms with E-state index in [9.17, 15) is 9.59 Å². The van der Waals surface area contributed by atoms with Crippen molar-refractivity contribution in [2.45, 2.75) is 68.4 Å². The lowest BCUT2D eigenvalue weighted by atomic mass is 10.0. The van der Waals surface area contributed by atoms with Gasteiger partial charge in [-0.15, -0.1) is 0 Å². The molecule has 3 heterocycles. The van der Waals surface area contributed by atoms with Gasteiger partial charge in [0, 0.05) is 30.2 Å². The molecule has 0 spiro atoms. The Kier molecular flexibility index (Phi) is 8.15. The topological polar surface area (TPSA) is 85.7 Å². The molecule has 3 unspecified atom stereocenters. The second kappa shape index (κ2) is 12.0. The van der Waals surface area contributed by atoms with Gasteiger partial charge in [-0.05, 0) is 92.3 Å². The van der Waals surface area contributed by atoms with Crippen LogP contribution in [0.25, 0.3) is 5.69 Å². The van der Waals surface area contributed by atoms with Crippen LogP contribution >= 0.6 is 35.1 Å². The summed E-state index contributed by atoms with van der Waals surface area (Å²) >= 11 is 14.3. The molecule has 0 radical (unpaired) electrons. The van der Waals surface area contributed by atoms with Gasteiger partial charge in [-0.25, -0.2) is 9.07 Å². The molecule has 226 valence electrons. The van der Waals surface area contributed by atoms with E-state index in [0.717, 1.165) is 36.9 Å². The highest BCUT2D eigenvalue weighted by molar-refractivity contribution is 7.98. The first kappa shape index (κ1) is 29.1. The molecule has 4 aliphatic rings. The molecule has 1 N–H and O–H groups in total. The number of halogens is 3. The average Bonchev–Trinajstić information content (AvgIpc) is 3.51. The Morgan fingerprint density at radius 3 is 2.58 bits per heavy atom. The highest BCUT2D eigenvalue weighted by atomic mass is 35.5. The largest absolute Gasteiger partial charge is 0.381 e. The number of hydrogen-bond acceptors (Lipinski definition) is 6. The predicted molar refractivity (Wildman–Crippen MR) is 163 cm³/mol. The maximum atomic E-state index is 15.1. The summed E-state index contributed by atoms with van der Waals surface area (Å²) in [5, 5.41) is 5.86. The third kappa shape index (κ3) is 5.68. The molecular weight excluding hydrogens is 614 g/mol. The minimum atomic E-state index is -0.648. The van der Waals surface area contributed by atoms with Gasteiger partial charge in [0.05, 0.1) is 46.1 Å². The van der Waals surface area contributed by atoms with Crippen LogP contribution in [0.5, 0.6) is 0 Å². The molecule has 3 atom stereocenters. The Morgan fingerprint density at radius 1 is 1.12 bits per heavy atom. The third-order valence-corrected chi connectivity index (χ3v) is 10.6. The molecule has 2 aromatic carbocycles. The quantitative estimate of drug-likeness (QED) is 0.269. The normalized spacial score (nSPS) is 23.7. The van der Waals surface area contributed by atoms with Crippen molar-refractivity contribution in [3.63, 3.8) is 0 Å². The number of rotatable bonds is 9. The van der Waals surface area contributed by atoms with Gasteiger partial charge >= 0.3 is 0 Å². The van der Waals surface area contributed by atoms with Crippen LogP contribution in [0.15, 0.2) is 42.6 Å². The molecule has 43 heavy (non-hydrogen) atoms. The van der Waals surface area contributed by atoms with Gasteiger partial charge in [0.1, 0.15) is 11.5 Å². The van der Waals surface area contributed by atoms with Gasteiger partial charge < -0.3 is 14.4 Å². The lowest BCUT2D eigenvalue weighted by molar-refractivity contribution is -0.126. The lowest BCUT2D eigenvalue weighted by Gasteiger charge is -2.31. The van der Waals surface area contributed by atoms with E-state index >= 15 is 4.39 Å². The zero-order chi connectivity index (χ0) is 29.7. The predicted octanol–water partition coefficient (Wildman–Crippen LogP) is 6.46. The summed E-state index contributed by atoms with van der Waals surface area (Å²) < 4.78 is 31.4. The van der Waals surface area contributed by atoms with Crippen LogP contribution in [-0.4, -0.2) is 52.2 Å². The van der Waals surface area contributed by atoms with Crippen molar-refractivity contribution in [1.29, 1.82) is 0 Å². The fourth-order valence-corrected chi connectivity index (χ4v) is 7.85. The van der Waals surface area contributed by atoms with Crippen LogP contribution in [0.2, 0.25) is 10.0 Å². The number of para-hydroxylation sites is 1. The van der Waals surface area contributed by atoms with E-state index in [1.54, 1.807) is 33.8 Å². The van der Waals surface area contributed by atoms with Crippen molar-refractivity contribution in [2.75, 3.05) is 18.1 Å². The Morgan fingerprint density at radius 2 is 1.88 bits per heavy atom. The Labute approximate surface area is 263 Å². The summed E-state index contributed by atoms with van der Waals surface area (Å²) in [7, 11) is 0. The zero-order valence-electron chi connectivity index (χ0n) is 23.3. The van der Waals surface area contributed by atoms with Crippen molar-refractivity contribution in [3.8, 4) is 5.69 Å². The molecule has 2 aliphatic heterocycles. The minimum absolute atomic E-state index is 0.0389. The second-order valence-corrected chi connectivity index (χ2v) is 13.5. The number of anilines is 1. The minimum Gasteiger partial charge on any atom is -0.381 e. The van der Waals surface area contributed by atoms with Crippen molar-refractivity contribution in [2.24, 2.45) is 5.92 Å². The zero-order valence-corrected chi connectivity index (χ0v) is 25.6. The summed E-state index contributed by atoms with van der Waals surface area (Å²) in [6.07, 6.45) is 6.77. The van der Waals surface area contributed by atoms with Gasteiger partial charge in [0.25, 0.3) is 5.91 Å². The first-order valence-electron chi connectivity index (χ1n) is 14.7. The molecule has 2 saturated heterocycles. The van der Waals surface area contributed by atoms with Gasteiger partial charge in [0.2, 0.25) is 5.91 Å². The average molecular weight is 646 g/mol. The van der Waals surface area contributed by atoms with Crippen molar-refractivity contribution < 1.29 is 23.5 Å². The van der Waals surface area contributed by atoms with Gasteiger partial charge in [-0.1, -0.05) is 29.3 Å². The van der Waals surface area contributed by atoms with Crippen LogP contribution in [-0.2, 0) is 20.9 Å². The standard InChI is InChI=1S/C31H31Cl2FN4O4S/c32-24-2-1-3-25(33)29(24)38-27(23(15-35-38)17-4-5-17)16-42-28-14-19-12-22(28)31(40)37(19)18-6-7-21(26(34)13-18)30(39)36-43-20-8-10-41-11-9-20/h1-3,6-7,13,15,17,19-20,22,28H,4-5,8-12,14,16H2,(H,36,39). The number of nitrogens with zero attached hydrogens (tertiary/aromatic N) is 3. The van der Waals surface area contributed by atoms with E-state index in [2.05, 4.69) is 9.82 Å². The molecule has 1 aromatic heterocycles. The SMILES string of the molecule is O=C(NSC1CCOCC1)c1ccc(N2C(=O)C3CC2CC3OCc2c(C3CC3)cnn2-c2c(Cl)cccc2Cl)cc1F. The van der Waals surface area contributed by atoms with E-state index in [4.69, 9.17) is 32.7 Å². The molecule has 2 amide bonds. The molecule has 4 fully saturated rings. The van der Waals surface area contributed by atoms with Crippen LogP contribution in [0.3, 0.4) is 0 Å². The Hall–Kier alpha value is -2.63. The summed E-state index contributed by atoms with van der Waals surface area (Å²) in [5.74, 6) is -1.10. The summed E-state index contributed by atoms with van der Waals surface area (Å²) in [6, 6.07) is 9.65. The molecular formula is C31H31Cl2FN4O4S. The van der Waals surface area contributed by atoms with E-state index in [0.29, 0.717) is 53.4 Å². The number of hydrogen-bond donors (Lipinski definition) is 1. The fourth-order valence-electron chi connectivity index (χ4n) is 6.49. The number of ether oxygens (including phenoxy) is 2. The highest BCUT2D eigenvalue weighted by Crippen LogP contribution is 2.46. The fraction of sp³-hybridized carbons (Fsp3) is 0.452. The first-order valence-corrected chi connectivity index (χ1v) is 16.3. The smallest absolute Gasteiger partial charge is 0.264 e. The highest BCUT2D eigenvalue weighted by Gasteiger charge is 2.52. The molecule has 2 saturated carbocycles. The molecule has 8 nitrogen and oxygen atoms in total. The molecule has 2 bridgehead atoms. The van der Waals surface area contributed by atoms with Crippen molar-refractivity contribution in [3.05, 3.63) is 75.3 Å². The Bertz CT molecular complexity index is 1540. The second-order valence-electron chi connectivity index (χ2n) is 11.6. The number of benzene rings is 2. The number of piperidine rings is 1. The number of nitrogens with one attached hydrogen (secondary N) is 1. The van der Waals surface area contributed by atoms with Crippen molar-refractivity contribution in [1.82, 2.24) is 14.5 Å². The van der Waals surface area contributed by atoms with E-state index in [-0.39, 0.29) is 41.4 Å². The first-order chi connectivity index (χ1) is 20.9. The summed E-state index contributed by atoms with van der Waals surface area (Å²) in [4.78, 5) is 27.8. The molecule has 3 aromatic rings. The molecule has 7 rings (SSSR count). The van der Waals surface area contributed by atoms with Crippen LogP contribution in [0.1, 0.15) is 66.1 Å². The number of amides is 2. The number of fused-ring (bicyclic) bond motifs is 2. The van der Waals surface area contributed by atoms with Crippen LogP contribution in [0.4, 0.5) is 10.1 Å². The maximum Gasteiger partial charge on any atom is 0.264 e. The van der Waals surface area contributed by atoms with Gasteiger partial charge in [-0.3, -0.25) is 14.3 Å². The lowest BCUT2D eigenvalue weighted by Crippen LogP contribution is -2.43. The van der Waals surface area contributed by atoms with E-state index in [1.165, 1.54) is 24.1 Å².